The van der Waals surface area contributed by atoms with E-state index in [0.29, 0.717) is 5.69 Å². The number of pyridine rings is 1. The lowest BCUT2D eigenvalue weighted by molar-refractivity contribution is -0.115. The Bertz CT molecular complexity index is 355. The molecule has 0 aromatic carbocycles. The van der Waals surface area contributed by atoms with Gasteiger partial charge in [0.1, 0.15) is 9.98 Å². The van der Waals surface area contributed by atoms with Crippen LogP contribution in [-0.4, -0.2) is 16.3 Å². The summed E-state index contributed by atoms with van der Waals surface area (Å²) in [6.45, 7) is 3.52. The average molecular weight is 278 g/mol. The van der Waals surface area contributed by atoms with Gasteiger partial charge in [-0.1, -0.05) is 0 Å². The SMILES string of the molecule is Cc1cc(NC(=O)C(C)Cl)cnc1Br. The van der Waals surface area contributed by atoms with Gasteiger partial charge in [-0.05, 0) is 41.4 Å². The number of rotatable bonds is 2. The Morgan fingerprint density at radius 1 is 1.71 bits per heavy atom. The van der Waals surface area contributed by atoms with Crippen LogP contribution in [0.15, 0.2) is 16.9 Å². The molecule has 0 saturated heterocycles. The average Bonchev–Trinajstić information content (AvgIpc) is 2.11. The maximum atomic E-state index is 11.2. The third-order valence-corrected chi connectivity index (χ3v) is 2.67. The lowest BCUT2D eigenvalue weighted by Gasteiger charge is -2.07. The van der Waals surface area contributed by atoms with E-state index in [2.05, 4.69) is 26.2 Å². The largest absolute Gasteiger partial charge is 0.323 e. The fourth-order valence-electron chi connectivity index (χ4n) is 0.868. The third-order valence-electron chi connectivity index (χ3n) is 1.64. The number of alkyl halides is 1. The van der Waals surface area contributed by atoms with E-state index in [1.807, 2.05) is 13.0 Å². The van der Waals surface area contributed by atoms with Crippen LogP contribution in [0.2, 0.25) is 0 Å². The van der Waals surface area contributed by atoms with Crippen LogP contribution in [0.3, 0.4) is 0 Å². The Kier molecular flexibility index (Phi) is 3.89. The van der Waals surface area contributed by atoms with Gasteiger partial charge in [0.05, 0.1) is 11.9 Å². The van der Waals surface area contributed by atoms with Crippen LogP contribution in [0.5, 0.6) is 0 Å². The summed E-state index contributed by atoms with van der Waals surface area (Å²) in [5.41, 5.74) is 1.62. The zero-order valence-corrected chi connectivity index (χ0v) is 10.2. The highest BCUT2D eigenvalue weighted by molar-refractivity contribution is 9.10. The molecule has 0 aliphatic rings. The van der Waals surface area contributed by atoms with E-state index in [1.165, 1.54) is 0 Å². The van der Waals surface area contributed by atoms with Crippen LogP contribution in [0.25, 0.3) is 0 Å². The molecule has 0 aliphatic carbocycles. The number of aromatic nitrogens is 1. The van der Waals surface area contributed by atoms with Gasteiger partial charge >= 0.3 is 0 Å². The van der Waals surface area contributed by atoms with Gasteiger partial charge < -0.3 is 5.32 Å². The highest BCUT2D eigenvalue weighted by atomic mass is 79.9. The summed E-state index contributed by atoms with van der Waals surface area (Å²) in [5.74, 6) is -0.227. The van der Waals surface area contributed by atoms with E-state index in [4.69, 9.17) is 11.6 Å². The molecular formula is C9H10BrClN2O. The number of nitrogens with zero attached hydrogens (tertiary/aromatic N) is 1. The standard InChI is InChI=1S/C9H10BrClN2O/c1-5-3-7(4-12-8(5)10)13-9(14)6(2)11/h3-4,6H,1-2H3,(H,13,14). The van der Waals surface area contributed by atoms with Crippen molar-refractivity contribution in [1.82, 2.24) is 4.98 Å². The minimum Gasteiger partial charge on any atom is -0.323 e. The molecular weight excluding hydrogens is 267 g/mol. The van der Waals surface area contributed by atoms with E-state index in [-0.39, 0.29) is 5.91 Å². The van der Waals surface area contributed by atoms with Crippen LogP contribution in [0.4, 0.5) is 5.69 Å². The molecule has 0 fully saturated rings. The first-order valence-corrected chi connectivity index (χ1v) is 5.30. The molecule has 1 N–H and O–H groups in total. The van der Waals surface area contributed by atoms with Crippen molar-refractivity contribution in [2.75, 3.05) is 5.32 Å². The number of amides is 1. The van der Waals surface area contributed by atoms with Crippen LogP contribution >= 0.6 is 27.5 Å². The minimum absolute atomic E-state index is 0.227. The second-order valence-corrected chi connectivity index (χ2v) is 4.34. The first-order valence-electron chi connectivity index (χ1n) is 4.08. The molecule has 0 radical (unpaired) electrons. The van der Waals surface area contributed by atoms with Crippen molar-refractivity contribution >= 4 is 39.1 Å². The molecule has 1 atom stereocenters. The van der Waals surface area contributed by atoms with Gasteiger partial charge in [-0.15, -0.1) is 11.6 Å². The lowest BCUT2D eigenvalue weighted by atomic mass is 10.3. The van der Waals surface area contributed by atoms with Gasteiger partial charge in [-0.2, -0.15) is 0 Å². The van der Waals surface area contributed by atoms with Crippen molar-refractivity contribution in [2.45, 2.75) is 19.2 Å². The van der Waals surface area contributed by atoms with Crippen LogP contribution < -0.4 is 5.32 Å². The molecule has 1 unspecified atom stereocenters. The summed E-state index contributed by atoms with van der Waals surface area (Å²) in [7, 11) is 0. The smallest absolute Gasteiger partial charge is 0.242 e. The summed E-state index contributed by atoms with van der Waals surface area (Å²) in [4.78, 5) is 15.3. The molecule has 1 aromatic rings. The number of halogens is 2. The van der Waals surface area contributed by atoms with E-state index < -0.39 is 5.38 Å². The predicted molar refractivity (Wildman–Crippen MR) is 60.6 cm³/mol. The quantitative estimate of drug-likeness (QED) is 0.667. The fourth-order valence-corrected chi connectivity index (χ4v) is 1.14. The molecule has 1 rings (SSSR count). The monoisotopic (exact) mass is 276 g/mol. The van der Waals surface area contributed by atoms with Gasteiger partial charge in [0, 0.05) is 0 Å². The Morgan fingerprint density at radius 3 is 2.86 bits per heavy atom. The zero-order valence-electron chi connectivity index (χ0n) is 7.84. The van der Waals surface area contributed by atoms with Crippen molar-refractivity contribution in [1.29, 1.82) is 0 Å². The molecule has 3 nitrogen and oxygen atoms in total. The first-order chi connectivity index (χ1) is 6.50. The summed E-state index contributed by atoms with van der Waals surface area (Å²) >= 11 is 8.88. The maximum Gasteiger partial charge on any atom is 0.242 e. The molecule has 1 heterocycles. The topological polar surface area (TPSA) is 42.0 Å². The highest BCUT2D eigenvalue weighted by Gasteiger charge is 2.09. The van der Waals surface area contributed by atoms with Crippen molar-refractivity contribution < 1.29 is 4.79 Å². The van der Waals surface area contributed by atoms with Gasteiger partial charge in [0.25, 0.3) is 0 Å². The van der Waals surface area contributed by atoms with E-state index >= 15 is 0 Å². The van der Waals surface area contributed by atoms with Crippen LogP contribution in [0.1, 0.15) is 12.5 Å². The number of carbonyl (C=O) groups excluding carboxylic acids is 1. The minimum atomic E-state index is -0.543. The van der Waals surface area contributed by atoms with Crippen molar-refractivity contribution in [3.8, 4) is 0 Å². The Hall–Kier alpha value is -0.610. The normalized spacial score (nSPS) is 12.3. The molecule has 5 heteroatoms. The summed E-state index contributed by atoms with van der Waals surface area (Å²) < 4.78 is 0.773. The van der Waals surface area contributed by atoms with Crippen LogP contribution in [-0.2, 0) is 4.79 Å². The fraction of sp³-hybridized carbons (Fsp3) is 0.333. The van der Waals surface area contributed by atoms with E-state index in [1.54, 1.807) is 13.1 Å². The molecule has 0 spiro atoms. The van der Waals surface area contributed by atoms with E-state index in [9.17, 15) is 4.79 Å². The molecule has 0 aliphatic heterocycles. The van der Waals surface area contributed by atoms with Crippen molar-refractivity contribution in [2.24, 2.45) is 0 Å². The lowest BCUT2D eigenvalue weighted by Crippen LogP contribution is -2.20. The number of nitrogens with one attached hydrogen (secondary N) is 1. The number of anilines is 1. The Labute approximate surface area is 96.0 Å². The van der Waals surface area contributed by atoms with Gasteiger partial charge in [-0.25, -0.2) is 4.98 Å². The molecule has 1 aromatic heterocycles. The number of carbonyl (C=O) groups is 1. The third kappa shape index (κ3) is 2.96. The van der Waals surface area contributed by atoms with E-state index in [0.717, 1.165) is 10.2 Å². The maximum absolute atomic E-state index is 11.2. The number of hydrogen-bond donors (Lipinski definition) is 1. The second kappa shape index (κ2) is 4.75. The first kappa shape index (κ1) is 11.5. The summed E-state index contributed by atoms with van der Waals surface area (Å²) in [6.07, 6.45) is 1.58. The number of hydrogen-bond acceptors (Lipinski definition) is 2. The van der Waals surface area contributed by atoms with Crippen LogP contribution in [0, 0.1) is 6.92 Å². The molecule has 76 valence electrons. The second-order valence-electron chi connectivity index (χ2n) is 2.94. The molecule has 0 saturated carbocycles. The van der Waals surface area contributed by atoms with Gasteiger partial charge in [0.15, 0.2) is 0 Å². The van der Waals surface area contributed by atoms with Gasteiger partial charge in [-0.3, -0.25) is 4.79 Å². The number of aryl methyl sites for hydroxylation is 1. The Morgan fingerprint density at radius 2 is 2.36 bits per heavy atom. The predicted octanol–water partition coefficient (Wildman–Crippen LogP) is 2.72. The summed E-state index contributed by atoms with van der Waals surface area (Å²) in [5, 5.41) is 2.11. The molecule has 14 heavy (non-hydrogen) atoms. The molecule has 0 bridgehead atoms. The Balaban J connectivity index is 2.78. The van der Waals surface area contributed by atoms with Crippen molar-refractivity contribution in [3.63, 3.8) is 0 Å². The highest BCUT2D eigenvalue weighted by Crippen LogP contribution is 2.17. The zero-order chi connectivity index (χ0) is 10.7. The van der Waals surface area contributed by atoms with Gasteiger partial charge in [0.2, 0.25) is 5.91 Å². The molecule has 1 amide bonds. The van der Waals surface area contributed by atoms with Crippen molar-refractivity contribution in [3.05, 3.63) is 22.4 Å². The summed E-state index contributed by atoms with van der Waals surface area (Å²) in [6, 6.07) is 1.83.